The monoisotopic (exact) mass is 448 g/mol. The molecule has 0 bridgehead atoms. The molecule has 1 aliphatic rings. The molecule has 3 aromatic rings. The zero-order chi connectivity index (χ0) is 22.8. The van der Waals surface area contributed by atoms with Crippen LogP contribution >= 0.6 is 0 Å². The molecule has 0 aliphatic carbocycles. The molecular formula is C25H21F5O2. The van der Waals surface area contributed by atoms with E-state index in [0.717, 1.165) is 18.9 Å². The van der Waals surface area contributed by atoms with Crippen molar-refractivity contribution in [2.75, 3.05) is 13.2 Å². The third-order valence-corrected chi connectivity index (χ3v) is 5.50. The lowest BCUT2D eigenvalue weighted by molar-refractivity contribution is -0.206. The topological polar surface area (TPSA) is 18.5 Å². The Kier molecular flexibility index (Phi) is 6.58. The van der Waals surface area contributed by atoms with Gasteiger partial charge in [0.15, 0.2) is 23.7 Å². The van der Waals surface area contributed by atoms with Crippen molar-refractivity contribution in [3.05, 3.63) is 83.2 Å². The van der Waals surface area contributed by atoms with Crippen molar-refractivity contribution in [3.8, 4) is 22.3 Å². The minimum atomic E-state index is -1.63. The van der Waals surface area contributed by atoms with Crippen LogP contribution in [0.3, 0.4) is 0 Å². The van der Waals surface area contributed by atoms with Gasteiger partial charge in [-0.2, -0.15) is 0 Å². The molecule has 0 amide bonds. The van der Waals surface area contributed by atoms with Crippen LogP contribution in [0.1, 0.15) is 31.6 Å². The highest BCUT2D eigenvalue weighted by Crippen LogP contribution is 2.33. The van der Waals surface area contributed by atoms with Crippen LogP contribution in [0.2, 0.25) is 0 Å². The van der Waals surface area contributed by atoms with Crippen molar-refractivity contribution in [2.45, 2.75) is 26.1 Å². The highest BCUT2D eigenvalue weighted by molar-refractivity contribution is 5.71. The lowest BCUT2D eigenvalue weighted by Gasteiger charge is -2.29. The molecule has 1 aliphatic heterocycles. The Morgan fingerprint density at radius 2 is 1.28 bits per heavy atom. The van der Waals surface area contributed by atoms with E-state index in [4.69, 9.17) is 9.47 Å². The fourth-order valence-corrected chi connectivity index (χ4v) is 3.85. The van der Waals surface area contributed by atoms with Gasteiger partial charge in [-0.05, 0) is 41.8 Å². The highest BCUT2D eigenvalue weighted by Gasteiger charge is 2.24. The fraction of sp³-hybridized carbons (Fsp3) is 0.280. The largest absolute Gasteiger partial charge is 0.348 e. The summed E-state index contributed by atoms with van der Waals surface area (Å²) >= 11 is 0. The minimum Gasteiger partial charge on any atom is -0.348 e. The quantitative estimate of drug-likeness (QED) is 0.304. The number of hydrogen-bond donors (Lipinski definition) is 0. The summed E-state index contributed by atoms with van der Waals surface area (Å²) in [4.78, 5) is 0. The predicted molar refractivity (Wildman–Crippen MR) is 110 cm³/mol. The van der Waals surface area contributed by atoms with Gasteiger partial charge in [0.2, 0.25) is 0 Å². The summed E-state index contributed by atoms with van der Waals surface area (Å²) in [6.45, 7) is 3.17. The van der Waals surface area contributed by atoms with Crippen LogP contribution in [-0.2, 0) is 9.47 Å². The van der Waals surface area contributed by atoms with E-state index in [9.17, 15) is 22.0 Å². The van der Waals surface area contributed by atoms with Gasteiger partial charge in [0, 0.05) is 22.6 Å². The summed E-state index contributed by atoms with van der Waals surface area (Å²) in [7, 11) is 0. The normalized spacial score (nSPS) is 18.7. The summed E-state index contributed by atoms with van der Waals surface area (Å²) in [6, 6.07) is 9.62. The van der Waals surface area contributed by atoms with Crippen LogP contribution in [0.15, 0.2) is 48.5 Å². The molecule has 3 aromatic carbocycles. The molecule has 1 heterocycles. The number of rotatable bonds is 5. The zero-order valence-corrected chi connectivity index (χ0v) is 17.3. The molecule has 0 atom stereocenters. The molecule has 0 unspecified atom stereocenters. The van der Waals surface area contributed by atoms with Gasteiger partial charge in [0.1, 0.15) is 11.6 Å². The Labute approximate surface area is 182 Å². The molecule has 4 rings (SSSR count). The van der Waals surface area contributed by atoms with Crippen molar-refractivity contribution >= 4 is 0 Å². The molecule has 1 fully saturated rings. The first-order valence-electron chi connectivity index (χ1n) is 10.3. The van der Waals surface area contributed by atoms with E-state index in [2.05, 4.69) is 6.92 Å². The van der Waals surface area contributed by atoms with Gasteiger partial charge in [0.05, 0.1) is 13.2 Å². The molecule has 7 heteroatoms. The maximum Gasteiger partial charge on any atom is 0.194 e. The molecule has 168 valence electrons. The number of hydrogen-bond acceptors (Lipinski definition) is 2. The Bertz CT molecular complexity index is 1100. The first-order valence-corrected chi connectivity index (χ1v) is 10.3. The van der Waals surface area contributed by atoms with Crippen molar-refractivity contribution in [1.82, 2.24) is 0 Å². The lowest BCUT2D eigenvalue weighted by atomic mass is 9.98. The Morgan fingerprint density at radius 3 is 1.88 bits per heavy atom. The van der Waals surface area contributed by atoms with Gasteiger partial charge < -0.3 is 9.47 Å². The summed E-state index contributed by atoms with van der Waals surface area (Å²) in [6.07, 6.45) is 1.37. The van der Waals surface area contributed by atoms with E-state index < -0.39 is 35.4 Å². The van der Waals surface area contributed by atoms with Crippen molar-refractivity contribution < 1.29 is 31.4 Å². The predicted octanol–water partition coefficient (Wildman–Crippen LogP) is 7.18. The van der Waals surface area contributed by atoms with Gasteiger partial charge in [0.25, 0.3) is 0 Å². The number of ether oxygens (including phenoxy) is 2. The SMILES string of the molecule is CCCC1COC(c2ccc(-c3ccc(-c4cc(F)c(F)c(F)c4)c(F)c3)c(F)c2)OC1. The second-order valence-corrected chi connectivity index (χ2v) is 7.84. The van der Waals surface area contributed by atoms with Crippen molar-refractivity contribution in [3.63, 3.8) is 0 Å². The first-order chi connectivity index (χ1) is 15.4. The average Bonchev–Trinajstić information content (AvgIpc) is 2.78. The van der Waals surface area contributed by atoms with E-state index in [0.29, 0.717) is 36.8 Å². The van der Waals surface area contributed by atoms with E-state index in [-0.39, 0.29) is 22.3 Å². The van der Waals surface area contributed by atoms with Crippen LogP contribution in [0.25, 0.3) is 22.3 Å². The number of benzene rings is 3. The van der Waals surface area contributed by atoms with Crippen LogP contribution in [0, 0.1) is 35.0 Å². The second kappa shape index (κ2) is 9.38. The van der Waals surface area contributed by atoms with Crippen molar-refractivity contribution in [1.29, 1.82) is 0 Å². The minimum absolute atomic E-state index is 0.130. The van der Waals surface area contributed by atoms with Gasteiger partial charge in [-0.1, -0.05) is 37.6 Å². The van der Waals surface area contributed by atoms with E-state index in [1.54, 1.807) is 6.07 Å². The molecule has 2 nitrogen and oxygen atoms in total. The molecule has 1 saturated heterocycles. The van der Waals surface area contributed by atoms with Gasteiger partial charge >= 0.3 is 0 Å². The maximum absolute atomic E-state index is 14.8. The van der Waals surface area contributed by atoms with Gasteiger partial charge in [-0.25, -0.2) is 22.0 Å². The third-order valence-electron chi connectivity index (χ3n) is 5.50. The van der Waals surface area contributed by atoms with Gasteiger partial charge in [-0.3, -0.25) is 0 Å². The fourth-order valence-electron chi connectivity index (χ4n) is 3.85. The third kappa shape index (κ3) is 4.54. The maximum atomic E-state index is 14.8. The Balaban J connectivity index is 1.56. The lowest BCUT2D eigenvalue weighted by Crippen LogP contribution is -2.27. The zero-order valence-electron chi connectivity index (χ0n) is 17.3. The Morgan fingerprint density at radius 1 is 0.719 bits per heavy atom. The van der Waals surface area contributed by atoms with E-state index >= 15 is 0 Å². The molecule has 32 heavy (non-hydrogen) atoms. The molecular weight excluding hydrogens is 427 g/mol. The summed E-state index contributed by atoms with van der Waals surface area (Å²) < 4.78 is 81.1. The van der Waals surface area contributed by atoms with Crippen LogP contribution in [-0.4, -0.2) is 13.2 Å². The van der Waals surface area contributed by atoms with Crippen LogP contribution < -0.4 is 0 Å². The van der Waals surface area contributed by atoms with Gasteiger partial charge in [-0.15, -0.1) is 0 Å². The van der Waals surface area contributed by atoms with E-state index in [1.807, 2.05) is 0 Å². The molecule has 0 aromatic heterocycles. The second-order valence-electron chi connectivity index (χ2n) is 7.84. The molecule has 0 spiro atoms. The smallest absolute Gasteiger partial charge is 0.194 e. The van der Waals surface area contributed by atoms with Crippen LogP contribution in [0.4, 0.5) is 22.0 Å². The highest BCUT2D eigenvalue weighted by atomic mass is 19.2. The molecule has 0 radical (unpaired) electrons. The van der Waals surface area contributed by atoms with Crippen LogP contribution in [0.5, 0.6) is 0 Å². The number of halogens is 5. The summed E-state index contributed by atoms with van der Waals surface area (Å²) in [5.41, 5.74) is 0.626. The first kappa shape index (κ1) is 22.4. The standard InChI is InChI=1S/C25H21F5O2/c1-2-3-14-12-31-25(32-13-14)16-5-7-18(21(27)9-16)15-4-6-19(20(26)8-15)17-10-22(28)24(30)23(29)11-17/h4-11,14,25H,2-3,12-13H2,1H3. The Hall–Kier alpha value is -2.77. The average molecular weight is 448 g/mol. The van der Waals surface area contributed by atoms with E-state index in [1.165, 1.54) is 24.3 Å². The summed E-state index contributed by atoms with van der Waals surface area (Å²) in [5, 5.41) is 0. The summed E-state index contributed by atoms with van der Waals surface area (Å²) in [5.74, 6) is -5.55. The molecule has 0 saturated carbocycles. The van der Waals surface area contributed by atoms with Crippen molar-refractivity contribution in [2.24, 2.45) is 5.92 Å². The molecule has 0 N–H and O–H groups in total.